The molecule has 0 saturated heterocycles. The fourth-order valence-corrected chi connectivity index (χ4v) is 3.47. The molecule has 1 aromatic heterocycles. The van der Waals surface area contributed by atoms with Crippen LogP contribution in [-0.4, -0.2) is 20.0 Å². The van der Waals surface area contributed by atoms with Gasteiger partial charge in [0.05, 0.1) is 17.2 Å². The number of carbonyl (C=O) groups is 1. The molecule has 4 rings (SSSR count). The second kappa shape index (κ2) is 7.72. The first-order valence-corrected chi connectivity index (χ1v) is 9.32. The van der Waals surface area contributed by atoms with Gasteiger partial charge in [-0.3, -0.25) is 4.79 Å². The number of hydrogen-bond donors (Lipinski definition) is 2. The maximum Gasteiger partial charge on any atom is 0.255 e. The second-order valence-corrected chi connectivity index (χ2v) is 6.73. The molecule has 0 unspecified atom stereocenters. The lowest BCUT2D eigenvalue weighted by Crippen LogP contribution is -2.18. The smallest absolute Gasteiger partial charge is 0.255 e. The van der Waals surface area contributed by atoms with Crippen LogP contribution in [0, 0.1) is 17.1 Å². The van der Waals surface area contributed by atoms with Crippen molar-refractivity contribution in [3.8, 4) is 28.5 Å². The van der Waals surface area contributed by atoms with Gasteiger partial charge in [-0.05, 0) is 48.0 Å². The maximum atomic E-state index is 13.4. The van der Waals surface area contributed by atoms with Gasteiger partial charge < -0.3 is 15.1 Å². The van der Waals surface area contributed by atoms with Gasteiger partial charge in [-0.2, -0.15) is 5.26 Å². The minimum absolute atomic E-state index is 0.295. The molecule has 0 aliphatic heterocycles. The number of carbonyl (C=O) groups excluding carboxylic acids is 1. The van der Waals surface area contributed by atoms with Crippen molar-refractivity contribution in [2.24, 2.45) is 0 Å². The van der Waals surface area contributed by atoms with E-state index in [0.717, 1.165) is 16.8 Å². The molecule has 1 heterocycles. The molecule has 4 aromatic rings. The summed E-state index contributed by atoms with van der Waals surface area (Å²) >= 11 is 0. The van der Waals surface area contributed by atoms with Crippen molar-refractivity contribution in [2.75, 3.05) is 19.4 Å². The van der Waals surface area contributed by atoms with E-state index in [1.807, 2.05) is 24.3 Å². The minimum atomic E-state index is -0.364. The number of benzene rings is 3. The van der Waals surface area contributed by atoms with E-state index in [4.69, 9.17) is 9.68 Å². The van der Waals surface area contributed by atoms with Crippen molar-refractivity contribution in [2.45, 2.75) is 0 Å². The molecule has 0 spiro atoms. The Labute approximate surface area is 172 Å². The summed E-state index contributed by atoms with van der Waals surface area (Å²) in [5, 5.41) is 15.5. The molecule has 0 aliphatic rings. The second-order valence-electron chi connectivity index (χ2n) is 6.73. The fourth-order valence-electron chi connectivity index (χ4n) is 3.47. The van der Waals surface area contributed by atoms with Crippen molar-refractivity contribution < 1.29 is 13.6 Å². The number of furan rings is 1. The first-order valence-electron chi connectivity index (χ1n) is 9.32. The van der Waals surface area contributed by atoms with E-state index in [0.29, 0.717) is 33.4 Å². The zero-order chi connectivity index (χ0) is 21.3. The average Bonchev–Trinajstić information content (AvgIpc) is 3.16. The van der Waals surface area contributed by atoms with Crippen LogP contribution in [0.4, 0.5) is 10.1 Å². The molecule has 0 bridgehead atoms. The molecule has 0 radical (unpaired) electrons. The summed E-state index contributed by atoms with van der Waals surface area (Å²) in [4.78, 5) is 12.7. The topological polar surface area (TPSA) is 78.1 Å². The van der Waals surface area contributed by atoms with Gasteiger partial charge >= 0.3 is 0 Å². The molecule has 0 atom stereocenters. The number of hydrogen-bond acceptors (Lipinski definition) is 4. The number of rotatable bonds is 4. The zero-order valence-corrected chi connectivity index (χ0v) is 16.4. The van der Waals surface area contributed by atoms with E-state index < -0.39 is 0 Å². The van der Waals surface area contributed by atoms with Crippen LogP contribution in [0.25, 0.3) is 33.4 Å². The molecule has 0 aliphatic carbocycles. The van der Waals surface area contributed by atoms with E-state index in [2.05, 4.69) is 16.7 Å². The Hall–Kier alpha value is -4.11. The Morgan fingerprint density at radius 3 is 2.27 bits per heavy atom. The van der Waals surface area contributed by atoms with Crippen LogP contribution in [0.3, 0.4) is 0 Å². The van der Waals surface area contributed by atoms with Gasteiger partial charge in [0.2, 0.25) is 0 Å². The Kier molecular flexibility index (Phi) is 4.95. The molecule has 5 nitrogen and oxygen atoms in total. The Bertz CT molecular complexity index is 1280. The highest BCUT2D eigenvalue weighted by Gasteiger charge is 2.23. The highest BCUT2D eigenvalue weighted by atomic mass is 19.1. The Balaban J connectivity index is 1.98. The standard InChI is InChI=1S/C24H18FN3O2/c1-27-20-12-21-19(11-18(20)15-5-3-14(13-26)4-6-15)22(24(29)28-2)23(30-21)16-7-9-17(25)10-8-16/h3-12,27H,1-2H3,(H,28,29). The number of anilines is 1. The minimum Gasteiger partial charge on any atom is -0.455 e. The highest BCUT2D eigenvalue weighted by molar-refractivity contribution is 6.12. The van der Waals surface area contributed by atoms with Crippen LogP contribution in [0.15, 0.2) is 65.1 Å². The number of fused-ring (bicyclic) bond motifs is 1. The van der Waals surface area contributed by atoms with Crippen molar-refractivity contribution in [1.82, 2.24) is 5.32 Å². The molecular weight excluding hydrogens is 381 g/mol. The summed E-state index contributed by atoms with van der Waals surface area (Å²) in [5.74, 6) is -0.281. The van der Waals surface area contributed by atoms with Crippen LogP contribution in [-0.2, 0) is 0 Å². The van der Waals surface area contributed by atoms with Gasteiger partial charge in [0.1, 0.15) is 17.2 Å². The van der Waals surface area contributed by atoms with E-state index in [1.54, 1.807) is 38.4 Å². The molecular formula is C24H18FN3O2. The van der Waals surface area contributed by atoms with Gasteiger partial charge in [0, 0.05) is 42.4 Å². The predicted molar refractivity (Wildman–Crippen MR) is 115 cm³/mol. The Morgan fingerprint density at radius 1 is 1.00 bits per heavy atom. The number of nitrogens with one attached hydrogen (secondary N) is 2. The first kappa shape index (κ1) is 19.2. The van der Waals surface area contributed by atoms with Gasteiger partial charge in [-0.25, -0.2) is 4.39 Å². The lowest BCUT2D eigenvalue weighted by atomic mass is 9.98. The lowest BCUT2D eigenvalue weighted by molar-refractivity contribution is 0.0964. The number of halogens is 1. The molecule has 1 amide bonds. The third-order valence-electron chi connectivity index (χ3n) is 4.98. The molecule has 0 fully saturated rings. The third-order valence-corrected chi connectivity index (χ3v) is 4.98. The zero-order valence-electron chi connectivity index (χ0n) is 16.4. The van der Waals surface area contributed by atoms with Crippen molar-refractivity contribution in [3.05, 3.63) is 77.6 Å². The normalized spacial score (nSPS) is 10.6. The van der Waals surface area contributed by atoms with Crippen LogP contribution >= 0.6 is 0 Å². The maximum absolute atomic E-state index is 13.4. The summed E-state index contributed by atoms with van der Waals surface area (Å²) in [6.07, 6.45) is 0. The van der Waals surface area contributed by atoms with Crippen molar-refractivity contribution in [3.63, 3.8) is 0 Å². The molecule has 30 heavy (non-hydrogen) atoms. The summed E-state index contributed by atoms with van der Waals surface area (Å²) in [5.41, 5.74) is 4.68. The number of amides is 1. The van der Waals surface area contributed by atoms with Gasteiger partial charge in [0.15, 0.2) is 0 Å². The SMILES string of the molecule is CNC(=O)c1c(-c2ccc(F)cc2)oc2cc(NC)c(-c3ccc(C#N)cc3)cc12. The van der Waals surface area contributed by atoms with Crippen molar-refractivity contribution >= 4 is 22.6 Å². The third kappa shape index (κ3) is 3.27. The molecule has 148 valence electrons. The molecule has 2 N–H and O–H groups in total. The van der Waals surface area contributed by atoms with Gasteiger partial charge in [-0.1, -0.05) is 12.1 Å². The first-order chi connectivity index (χ1) is 14.5. The molecule has 0 saturated carbocycles. The van der Waals surface area contributed by atoms with E-state index in [-0.39, 0.29) is 11.7 Å². The van der Waals surface area contributed by atoms with Crippen molar-refractivity contribution in [1.29, 1.82) is 5.26 Å². The van der Waals surface area contributed by atoms with Gasteiger partial charge in [-0.15, -0.1) is 0 Å². The van der Waals surface area contributed by atoms with Crippen LogP contribution < -0.4 is 10.6 Å². The van der Waals surface area contributed by atoms with Crippen LogP contribution in [0.2, 0.25) is 0 Å². The summed E-state index contributed by atoms with van der Waals surface area (Å²) in [6, 6.07) is 18.9. The lowest BCUT2D eigenvalue weighted by Gasteiger charge is -2.10. The molecule has 6 heteroatoms. The summed E-state index contributed by atoms with van der Waals surface area (Å²) in [6.45, 7) is 0. The largest absolute Gasteiger partial charge is 0.455 e. The predicted octanol–water partition coefficient (Wildman–Crippen LogP) is 5.18. The highest BCUT2D eigenvalue weighted by Crippen LogP contribution is 2.39. The average molecular weight is 399 g/mol. The molecule has 3 aromatic carbocycles. The summed E-state index contributed by atoms with van der Waals surface area (Å²) < 4.78 is 19.4. The van der Waals surface area contributed by atoms with E-state index in [9.17, 15) is 9.18 Å². The quantitative estimate of drug-likeness (QED) is 0.496. The number of nitrogens with zero attached hydrogens (tertiary/aromatic N) is 1. The fraction of sp³-hybridized carbons (Fsp3) is 0.0833. The van der Waals surface area contributed by atoms with E-state index >= 15 is 0 Å². The van der Waals surface area contributed by atoms with Crippen LogP contribution in [0.1, 0.15) is 15.9 Å². The Morgan fingerprint density at radius 2 is 1.67 bits per heavy atom. The monoisotopic (exact) mass is 399 g/mol. The van der Waals surface area contributed by atoms with Crippen LogP contribution in [0.5, 0.6) is 0 Å². The number of nitriles is 1. The summed E-state index contributed by atoms with van der Waals surface area (Å²) in [7, 11) is 3.36. The van der Waals surface area contributed by atoms with Gasteiger partial charge in [0.25, 0.3) is 5.91 Å². The van der Waals surface area contributed by atoms with E-state index in [1.165, 1.54) is 12.1 Å².